The fourth-order valence-corrected chi connectivity index (χ4v) is 3.80. The molecule has 120 valence electrons. The van der Waals surface area contributed by atoms with E-state index in [1.54, 1.807) is 0 Å². The van der Waals surface area contributed by atoms with Crippen molar-refractivity contribution < 1.29 is 4.74 Å². The number of hydrogen-bond acceptors (Lipinski definition) is 3. The number of nitrogens with zero attached hydrogens (tertiary/aromatic N) is 1. The van der Waals surface area contributed by atoms with Crippen LogP contribution in [0.25, 0.3) is 0 Å². The van der Waals surface area contributed by atoms with Gasteiger partial charge in [-0.3, -0.25) is 0 Å². The van der Waals surface area contributed by atoms with Crippen molar-refractivity contribution in [1.29, 1.82) is 0 Å². The summed E-state index contributed by atoms with van der Waals surface area (Å²) in [7, 11) is 0. The van der Waals surface area contributed by atoms with E-state index >= 15 is 0 Å². The molecule has 1 N–H and O–H groups in total. The molecule has 0 radical (unpaired) electrons. The SMILES string of the molecule is CCN1CCC[C@@H](NC2c3ccccc3Oc3ccccc32)C1. The van der Waals surface area contributed by atoms with Gasteiger partial charge in [-0.05, 0) is 38.1 Å². The molecule has 1 atom stereocenters. The van der Waals surface area contributed by atoms with Crippen molar-refractivity contribution in [2.75, 3.05) is 19.6 Å². The van der Waals surface area contributed by atoms with Crippen molar-refractivity contribution in [2.45, 2.75) is 31.8 Å². The minimum absolute atomic E-state index is 0.220. The van der Waals surface area contributed by atoms with Gasteiger partial charge in [-0.1, -0.05) is 43.3 Å². The quantitative estimate of drug-likeness (QED) is 0.929. The zero-order valence-corrected chi connectivity index (χ0v) is 13.7. The molecule has 23 heavy (non-hydrogen) atoms. The van der Waals surface area contributed by atoms with Crippen LogP contribution < -0.4 is 10.1 Å². The van der Waals surface area contributed by atoms with Crippen molar-refractivity contribution in [3.63, 3.8) is 0 Å². The third kappa shape index (κ3) is 2.87. The summed E-state index contributed by atoms with van der Waals surface area (Å²) < 4.78 is 6.09. The highest BCUT2D eigenvalue weighted by atomic mass is 16.5. The summed E-state index contributed by atoms with van der Waals surface area (Å²) in [6, 6.07) is 17.6. The van der Waals surface area contributed by atoms with Crippen LogP contribution in [0.1, 0.15) is 36.9 Å². The Kier molecular flexibility index (Phi) is 4.06. The van der Waals surface area contributed by atoms with Gasteiger partial charge in [0.2, 0.25) is 0 Å². The molecule has 1 saturated heterocycles. The zero-order valence-electron chi connectivity index (χ0n) is 13.7. The van der Waals surface area contributed by atoms with Crippen LogP contribution in [0.4, 0.5) is 0 Å². The maximum atomic E-state index is 6.09. The van der Waals surface area contributed by atoms with Crippen molar-refractivity contribution in [2.24, 2.45) is 0 Å². The molecule has 3 heteroatoms. The normalized spacial score (nSPS) is 21.3. The second-order valence-corrected chi connectivity index (χ2v) is 6.51. The maximum absolute atomic E-state index is 6.09. The zero-order chi connectivity index (χ0) is 15.6. The first-order chi connectivity index (χ1) is 11.3. The largest absolute Gasteiger partial charge is 0.457 e. The average Bonchev–Trinajstić information content (AvgIpc) is 2.61. The van der Waals surface area contributed by atoms with E-state index in [1.165, 1.54) is 30.5 Å². The molecule has 0 aliphatic carbocycles. The summed E-state index contributed by atoms with van der Waals surface area (Å²) in [6.07, 6.45) is 2.52. The number of nitrogens with one attached hydrogen (secondary N) is 1. The predicted octanol–water partition coefficient (Wildman–Crippen LogP) is 3.96. The van der Waals surface area contributed by atoms with Crippen LogP contribution in [-0.2, 0) is 0 Å². The van der Waals surface area contributed by atoms with Crippen LogP contribution in [0.3, 0.4) is 0 Å². The Morgan fingerprint density at radius 2 is 1.70 bits per heavy atom. The van der Waals surface area contributed by atoms with Crippen molar-refractivity contribution >= 4 is 0 Å². The number of piperidine rings is 1. The number of para-hydroxylation sites is 2. The van der Waals surface area contributed by atoms with Gasteiger partial charge in [-0.25, -0.2) is 0 Å². The number of fused-ring (bicyclic) bond motifs is 2. The minimum atomic E-state index is 0.220. The van der Waals surface area contributed by atoms with E-state index in [-0.39, 0.29) is 6.04 Å². The molecule has 2 aliphatic heterocycles. The fourth-order valence-electron chi connectivity index (χ4n) is 3.80. The molecule has 4 rings (SSSR count). The van der Waals surface area contributed by atoms with Gasteiger partial charge in [-0.15, -0.1) is 0 Å². The predicted molar refractivity (Wildman–Crippen MR) is 93.1 cm³/mol. The Bertz CT molecular complexity index is 639. The lowest BCUT2D eigenvalue weighted by Gasteiger charge is -2.37. The van der Waals surface area contributed by atoms with Crippen molar-refractivity contribution in [1.82, 2.24) is 10.2 Å². The van der Waals surface area contributed by atoms with Crippen LogP contribution in [0, 0.1) is 0 Å². The van der Waals surface area contributed by atoms with Crippen LogP contribution in [0.2, 0.25) is 0 Å². The molecule has 2 aromatic rings. The molecule has 0 unspecified atom stereocenters. The van der Waals surface area contributed by atoms with Crippen LogP contribution in [-0.4, -0.2) is 30.6 Å². The molecule has 3 nitrogen and oxygen atoms in total. The lowest BCUT2D eigenvalue weighted by atomic mass is 9.93. The molecule has 2 aliphatic rings. The van der Waals surface area contributed by atoms with Gasteiger partial charge >= 0.3 is 0 Å². The van der Waals surface area contributed by atoms with E-state index in [1.807, 2.05) is 12.1 Å². The molecule has 0 aromatic heterocycles. The standard InChI is InChI=1S/C20H24N2O/c1-2-22-13-7-8-15(14-22)21-20-16-9-3-5-11-18(16)23-19-12-6-4-10-17(19)20/h3-6,9-12,15,20-21H,2,7-8,13-14H2,1H3/t15-/m1/s1. The van der Waals surface area contributed by atoms with Gasteiger partial charge < -0.3 is 15.0 Å². The second-order valence-electron chi connectivity index (χ2n) is 6.51. The fraction of sp³-hybridized carbons (Fsp3) is 0.400. The highest BCUT2D eigenvalue weighted by molar-refractivity contribution is 5.52. The van der Waals surface area contributed by atoms with Crippen molar-refractivity contribution in [3.8, 4) is 11.5 Å². The first kappa shape index (κ1) is 14.7. The summed E-state index contributed by atoms with van der Waals surface area (Å²) >= 11 is 0. The van der Waals surface area contributed by atoms with Crippen LogP contribution in [0.5, 0.6) is 11.5 Å². The molecule has 0 spiro atoms. The van der Waals surface area contributed by atoms with Gasteiger partial charge in [0.25, 0.3) is 0 Å². The topological polar surface area (TPSA) is 24.5 Å². The van der Waals surface area contributed by atoms with E-state index in [9.17, 15) is 0 Å². The van der Waals surface area contributed by atoms with E-state index in [0.717, 1.165) is 24.6 Å². The van der Waals surface area contributed by atoms with E-state index in [0.29, 0.717) is 6.04 Å². The van der Waals surface area contributed by atoms with Crippen molar-refractivity contribution in [3.05, 3.63) is 59.7 Å². The van der Waals surface area contributed by atoms with Gasteiger partial charge in [0.1, 0.15) is 11.5 Å². The van der Waals surface area contributed by atoms with E-state index < -0.39 is 0 Å². The number of hydrogen-bond donors (Lipinski definition) is 1. The average molecular weight is 308 g/mol. The Labute approximate surface area is 138 Å². The molecular weight excluding hydrogens is 284 g/mol. The highest BCUT2D eigenvalue weighted by Crippen LogP contribution is 2.42. The molecule has 1 fully saturated rings. The summed E-state index contributed by atoms with van der Waals surface area (Å²) in [4.78, 5) is 2.54. The first-order valence-corrected chi connectivity index (χ1v) is 8.69. The van der Waals surface area contributed by atoms with Crippen LogP contribution >= 0.6 is 0 Å². The Morgan fingerprint density at radius 1 is 1.04 bits per heavy atom. The number of rotatable bonds is 3. The summed E-state index contributed by atoms with van der Waals surface area (Å²) in [5.74, 6) is 1.96. The molecule has 0 bridgehead atoms. The minimum Gasteiger partial charge on any atom is -0.457 e. The maximum Gasteiger partial charge on any atom is 0.132 e. The smallest absolute Gasteiger partial charge is 0.132 e. The number of benzene rings is 2. The number of ether oxygens (including phenoxy) is 1. The number of likely N-dealkylation sites (N-methyl/N-ethyl adjacent to an activating group) is 1. The Morgan fingerprint density at radius 3 is 2.35 bits per heavy atom. The van der Waals surface area contributed by atoms with Crippen LogP contribution in [0.15, 0.2) is 48.5 Å². The Hall–Kier alpha value is -1.84. The monoisotopic (exact) mass is 308 g/mol. The summed E-state index contributed by atoms with van der Waals surface area (Å²) in [6.45, 7) is 5.76. The number of likely N-dealkylation sites (tertiary alicyclic amines) is 1. The van der Waals surface area contributed by atoms with Gasteiger partial charge in [0.15, 0.2) is 0 Å². The second kappa shape index (κ2) is 6.34. The molecule has 0 saturated carbocycles. The molecule has 0 amide bonds. The molecular formula is C20H24N2O. The van der Waals surface area contributed by atoms with E-state index in [2.05, 4.69) is 53.5 Å². The van der Waals surface area contributed by atoms with Gasteiger partial charge in [0, 0.05) is 23.7 Å². The highest BCUT2D eigenvalue weighted by Gasteiger charge is 2.29. The summed E-state index contributed by atoms with van der Waals surface area (Å²) in [5, 5.41) is 3.91. The van der Waals surface area contributed by atoms with E-state index in [4.69, 9.17) is 4.74 Å². The first-order valence-electron chi connectivity index (χ1n) is 8.69. The molecule has 2 aromatic carbocycles. The van der Waals surface area contributed by atoms with Gasteiger partial charge in [0.05, 0.1) is 6.04 Å². The lowest BCUT2D eigenvalue weighted by molar-refractivity contribution is 0.192. The third-order valence-electron chi connectivity index (χ3n) is 5.04. The summed E-state index contributed by atoms with van der Waals surface area (Å²) in [5.41, 5.74) is 2.50. The van der Waals surface area contributed by atoms with Gasteiger partial charge in [-0.2, -0.15) is 0 Å². The lowest BCUT2D eigenvalue weighted by Crippen LogP contribution is -2.47. The third-order valence-corrected chi connectivity index (χ3v) is 5.04. The molecule has 2 heterocycles. The Balaban J connectivity index is 1.65.